The van der Waals surface area contributed by atoms with Gasteiger partial charge in [0.05, 0.1) is 0 Å². The van der Waals surface area contributed by atoms with Gasteiger partial charge < -0.3 is 0 Å². The van der Waals surface area contributed by atoms with Crippen LogP contribution in [0.15, 0.2) is 0 Å². The zero-order valence-electron chi connectivity index (χ0n) is 4.83. The number of carbonyl (C=O) groups excluding carboxylic acids is 1. The highest BCUT2D eigenvalue weighted by Crippen LogP contribution is 2.44. The summed E-state index contributed by atoms with van der Waals surface area (Å²) in [5.41, 5.74) is 0. The molecule has 0 aromatic carbocycles. The molecule has 0 atom stereocenters. The molecule has 1 nitrogen and oxygen atoms in total. The van der Waals surface area contributed by atoms with Crippen molar-refractivity contribution in [2.24, 2.45) is 0 Å². The number of alkyl halides is 4. The summed E-state index contributed by atoms with van der Waals surface area (Å²) in [6, 6.07) is 0. The third-order valence-corrected chi connectivity index (χ3v) is 1.48. The lowest BCUT2D eigenvalue weighted by atomic mass is 10.2. The Labute approximate surface area is 54.0 Å². The highest BCUT2D eigenvalue weighted by molar-refractivity contribution is 5.89. The minimum Gasteiger partial charge on any atom is -0.293 e. The van der Waals surface area contributed by atoms with Gasteiger partial charge >= 0.3 is 11.8 Å². The summed E-state index contributed by atoms with van der Waals surface area (Å²) in [5, 5.41) is 0. The van der Waals surface area contributed by atoms with Crippen molar-refractivity contribution in [3.8, 4) is 0 Å². The van der Waals surface area contributed by atoms with E-state index in [9.17, 15) is 22.4 Å². The summed E-state index contributed by atoms with van der Waals surface area (Å²) >= 11 is 0. The third kappa shape index (κ3) is 0.726. The van der Waals surface area contributed by atoms with Gasteiger partial charge in [-0.2, -0.15) is 17.6 Å². The maximum absolute atomic E-state index is 12.0. The van der Waals surface area contributed by atoms with E-state index in [1.165, 1.54) is 0 Å². The number of Topliss-reactive ketones (excluding diaryl/α,β-unsaturated/α-hetero) is 1. The smallest absolute Gasteiger partial charge is 0.293 e. The minimum absolute atomic E-state index is 0.722. The van der Waals surface area contributed by atoms with E-state index in [4.69, 9.17) is 0 Å². The lowest BCUT2D eigenvalue weighted by molar-refractivity contribution is -0.189. The van der Waals surface area contributed by atoms with Crippen molar-refractivity contribution in [2.75, 3.05) is 0 Å². The number of hydrogen-bond donors (Lipinski definition) is 0. The summed E-state index contributed by atoms with van der Waals surface area (Å²) in [7, 11) is 0. The van der Waals surface area contributed by atoms with E-state index in [1.807, 2.05) is 0 Å². The van der Waals surface area contributed by atoms with E-state index in [2.05, 4.69) is 0 Å². The molecule has 0 N–H and O–H groups in total. The van der Waals surface area contributed by atoms with E-state index in [1.54, 1.807) is 0 Å². The molecule has 0 bridgehead atoms. The molecule has 58 valence electrons. The molecule has 0 saturated heterocycles. The van der Waals surface area contributed by atoms with Crippen LogP contribution in [0.3, 0.4) is 0 Å². The molecule has 10 heavy (non-hydrogen) atoms. The molecule has 0 unspecified atom stereocenters. The Balaban J connectivity index is 2.95. The molecular formula is C5H4F4O. The van der Waals surface area contributed by atoms with Crippen molar-refractivity contribution in [3.05, 3.63) is 0 Å². The molecule has 0 amide bonds. The summed E-state index contributed by atoms with van der Waals surface area (Å²) in [5.74, 6) is -10.2. The van der Waals surface area contributed by atoms with E-state index in [0.29, 0.717) is 0 Å². The molecule has 0 aromatic heterocycles. The number of halogens is 4. The molecule has 0 spiro atoms. The zero-order chi connectivity index (χ0) is 7.99. The van der Waals surface area contributed by atoms with Crippen LogP contribution >= 0.6 is 0 Å². The average Bonchev–Trinajstić information content (AvgIpc) is 1.94. The summed E-state index contributed by atoms with van der Waals surface area (Å²) in [6.45, 7) is 0. The van der Waals surface area contributed by atoms with Crippen molar-refractivity contribution in [3.63, 3.8) is 0 Å². The maximum atomic E-state index is 12.0. The van der Waals surface area contributed by atoms with Gasteiger partial charge in [-0.15, -0.1) is 0 Å². The van der Waals surface area contributed by atoms with Crippen LogP contribution in [-0.4, -0.2) is 17.6 Å². The second kappa shape index (κ2) is 1.71. The second-order valence-corrected chi connectivity index (χ2v) is 2.20. The molecule has 1 rings (SSSR count). The molecule has 1 saturated carbocycles. The first-order chi connectivity index (χ1) is 4.38. The fourth-order valence-corrected chi connectivity index (χ4v) is 0.788. The Kier molecular flexibility index (Phi) is 1.28. The zero-order valence-corrected chi connectivity index (χ0v) is 4.83. The molecule has 0 radical (unpaired) electrons. The van der Waals surface area contributed by atoms with Crippen molar-refractivity contribution in [1.29, 1.82) is 0 Å². The summed E-state index contributed by atoms with van der Waals surface area (Å²) < 4.78 is 48.0. The Morgan fingerprint density at radius 2 is 1.70 bits per heavy atom. The van der Waals surface area contributed by atoms with Gasteiger partial charge in [-0.1, -0.05) is 0 Å². The maximum Gasteiger partial charge on any atom is 0.367 e. The SMILES string of the molecule is O=C1CCC(F)(F)C1(F)F. The van der Waals surface area contributed by atoms with Crippen LogP contribution in [-0.2, 0) is 4.79 Å². The molecule has 1 fully saturated rings. The van der Waals surface area contributed by atoms with Crippen molar-refractivity contribution in [1.82, 2.24) is 0 Å². The molecule has 0 aliphatic heterocycles. The fraction of sp³-hybridized carbons (Fsp3) is 0.800. The van der Waals surface area contributed by atoms with E-state index in [-0.39, 0.29) is 0 Å². The van der Waals surface area contributed by atoms with Gasteiger partial charge in [-0.05, 0) is 0 Å². The van der Waals surface area contributed by atoms with E-state index < -0.39 is 30.5 Å². The highest BCUT2D eigenvalue weighted by atomic mass is 19.3. The van der Waals surface area contributed by atoms with Crippen LogP contribution in [0.25, 0.3) is 0 Å². The van der Waals surface area contributed by atoms with Crippen LogP contribution in [0.1, 0.15) is 12.8 Å². The number of ketones is 1. The first kappa shape index (κ1) is 7.50. The van der Waals surface area contributed by atoms with Gasteiger partial charge in [0, 0.05) is 12.8 Å². The molecule has 5 heteroatoms. The summed E-state index contributed by atoms with van der Waals surface area (Å²) in [4.78, 5) is 10.1. The number of hydrogen-bond acceptors (Lipinski definition) is 1. The lowest BCUT2D eigenvalue weighted by Gasteiger charge is -2.15. The molecule has 0 aromatic rings. The quantitative estimate of drug-likeness (QED) is 0.487. The topological polar surface area (TPSA) is 17.1 Å². The van der Waals surface area contributed by atoms with Crippen LogP contribution in [0.4, 0.5) is 17.6 Å². The van der Waals surface area contributed by atoms with Gasteiger partial charge in [-0.25, -0.2) is 0 Å². The van der Waals surface area contributed by atoms with Crippen molar-refractivity contribution < 1.29 is 22.4 Å². The average molecular weight is 156 g/mol. The normalized spacial score (nSPS) is 29.0. The predicted octanol–water partition coefficient (Wildman–Crippen LogP) is 1.62. The first-order valence-electron chi connectivity index (χ1n) is 2.67. The summed E-state index contributed by atoms with van der Waals surface area (Å²) in [6.07, 6.45) is -1.75. The van der Waals surface area contributed by atoms with Crippen LogP contribution in [0, 0.1) is 0 Å². The Morgan fingerprint density at radius 3 is 1.80 bits per heavy atom. The van der Waals surface area contributed by atoms with E-state index in [0.717, 1.165) is 0 Å². The van der Waals surface area contributed by atoms with Crippen LogP contribution in [0.2, 0.25) is 0 Å². The lowest BCUT2D eigenvalue weighted by Crippen LogP contribution is -2.39. The van der Waals surface area contributed by atoms with Gasteiger partial charge in [-0.3, -0.25) is 4.79 Å². The van der Waals surface area contributed by atoms with Gasteiger partial charge in [0.15, 0.2) is 0 Å². The first-order valence-corrected chi connectivity index (χ1v) is 2.67. The number of carbonyl (C=O) groups is 1. The predicted molar refractivity (Wildman–Crippen MR) is 24.1 cm³/mol. The Bertz CT molecular complexity index is 174. The third-order valence-electron chi connectivity index (χ3n) is 1.48. The molecule has 1 aliphatic rings. The Hall–Kier alpha value is -0.610. The molecule has 1 aliphatic carbocycles. The minimum atomic E-state index is -4.42. The molecule has 0 heterocycles. The van der Waals surface area contributed by atoms with E-state index >= 15 is 0 Å². The number of rotatable bonds is 0. The largest absolute Gasteiger partial charge is 0.367 e. The van der Waals surface area contributed by atoms with Gasteiger partial charge in [0.2, 0.25) is 5.78 Å². The van der Waals surface area contributed by atoms with Crippen LogP contribution < -0.4 is 0 Å². The van der Waals surface area contributed by atoms with Gasteiger partial charge in [0.25, 0.3) is 0 Å². The fourth-order valence-electron chi connectivity index (χ4n) is 0.788. The Morgan fingerprint density at radius 1 is 1.20 bits per heavy atom. The molecular weight excluding hydrogens is 152 g/mol. The van der Waals surface area contributed by atoms with Gasteiger partial charge in [0.1, 0.15) is 0 Å². The van der Waals surface area contributed by atoms with Crippen LogP contribution in [0.5, 0.6) is 0 Å². The van der Waals surface area contributed by atoms with Crippen molar-refractivity contribution in [2.45, 2.75) is 24.7 Å². The monoisotopic (exact) mass is 156 g/mol. The highest BCUT2D eigenvalue weighted by Gasteiger charge is 2.65. The second-order valence-electron chi connectivity index (χ2n) is 2.20. The van der Waals surface area contributed by atoms with Crippen molar-refractivity contribution >= 4 is 5.78 Å². The standard InChI is InChI=1S/C5H4F4O/c6-4(7)2-1-3(10)5(4,8)9/h1-2H2.